The van der Waals surface area contributed by atoms with Crippen molar-refractivity contribution in [3.8, 4) is 5.75 Å². The molecule has 0 heterocycles. The quantitative estimate of drug-likeness (QED) is 0.239. The van der Waals surface area contributed by atoms with Crippen LogP contribution in [0.5, 0.6) is 5.75 Å². The minimum atomic E-state index is -4.32. The van der Waals surface area contributed by atoms with E-state index in [4.69, 9.17) is 14.0 Å². The first-order chi connectivity index (χ1) is 14.9. The third-order valence-corrected chi connectivity index (χ3v) is 7.01. The van der Waals surface area contributed by atoms with Crippen LogP contribution in [0.4, 0.5) is 0 Å². The van der Waals surface area contributed by atoms with Gasteiger partial charge in [0.1, 0.15) is 40.6 Å². The number of ether oxygens (including phenoxy) is 2. The van der Waals surface area contributed by atoms with Crippen LogP contribution in [0.15, 0.2) is 12.1 Å². The van der Waals surface area contributed by atoms with Gasteiger partial charge in [0.25, 0.3) is 10.1 Å². The Labute approximate surface area is 194 Å². The number of esters is 2. The molecule has 1 fully saturated rings. The van der Waals surface area contributed by atoms with Gasteiger partial charge in [0.2, 0.25) is 0 Å². The van der Waals surface area contributed by atoms with E-state index in [1.807, 2.05) is 15.7 Å². The molecule has 0 aliphatic heterocycles. The van der Waals surface area contributed by atoms with Crippen molar-refractivity contribution in [3.05, 3.63) is 28.8 Å². The lowest BCUT2D eigenvalue weighted by Crippen LogP contribution is -2.42. The Morgan fingerprint density at radius 2 is 1.50 bits per heavy atom. The molecule has 0 bridgehead atoms. The van der Waals surface area contributed by atoms with Crippen molar-refractivity contribution < 1.29 is 32.0 Å². The summed E-state index contributed by atoms with van der Waals surface area (Å²) in [5, 5.41) is 0. The maximum atomic E-state index is 13.2. The monoisotopic (exact) mass is 462 g/mol. The Kier molecular flexibility index (Phi) is 9.05. The van der Waals surface area contributed by atoms with Gasteiger partial charge in [-0.3, -0.25) is 14.1 Å². The third kappa shape index (κ3) is 7.14. The summed E-state index contributed by atoms with van der Waals surface area (Å²) in [4.78, 5) is 26.1. The van der Waals surface area contributed by atoms with Gasteiger partial charge in [0.05, 0.1) is 11.8 Å². The molecule has 1 aliphatic rings. The Balaban J connectivity index is 2.24. The molecule has 2 unspecified atom stereocenters. The standard InChI is InChI=1S/C21H33B3O7S/c1-21(2,12-32(27,28)29)31-20(26)17-6-4-3-5-16(17)19(25)30-18-14(10-23)7-13(9-22)8-15(18)11-24/h7-8,16-17H,3-6,9-12,22-24H2,1-2H3,(H,27,28,29). The fourth-order valence-electron chi connectivity index (χ4n) is 4.38. The molecular weight excluding hydrogens is 429 g/mol. The minimum absolute atomic E-state index is 0.451. The molecule has 0 aromatic heterocycles. The van der Waals surface area contributed by atoms with Crippen LogP contribution in [0, 0.1) is 11.8 Å². The van der Waals surface area contributed by atoms with Gasteiger partial charge in [0.15, 0.2) is 0 Å². The summed E-state index contributed by atoms with van der Waals surface area (Å²) in [6.45, 7) is 2.84. The molecule has 11 heteroatoms. The summed E-state index contributed by atoms with van der Waals surface area (Å²) in [5.41, 5.74) is 1.73. The second kappa shape index (κ2) is 10.9. The van der Waals surface area contributed by atoms with Crippen LogP contribution in [-0.2, 0) is 43.4 Å². The average Bonchev–Trinajstić information content (AvgIpc) is 2.71. The van der Waals surface area contributed by atoms with E-state index in [9.17, 15) is 18.0 Å². The topological polar surface area (TPSA) is 107 Å². The van der Waals surface area contributed by atoms with Gasteiger partial charge in [-0.15, -0.1) is 0 Å². The minimum Gasteiger partial charge on any atom is -0.458 e. The summed E-state index contributed by atoms with van der Waals surface area (Å²) in [6.07, 6.45) is 4.89. The van der Waals surface area contributed by atoms with E-state index in [1.54, 1.807) is 0 Å². The maximum Gasteiger partial charge on any atom is 0.315 e. The molecule has 1 aliphatic carbocycles. The second-order valence-corrected chi connectivity index (χ2v) is 10.6. The average molecular weight is 462 g/mol. The van der Waals surface area contributed by atoms with Gasteiger partial charge in [0, 0.05) is 0 Å². The molecule has 0 radical (unpaired) electrons. The molecule has 2 rings (SSSR count). The molecule has 32 heavy (non-hydrogen) atoms. The van der Waals surface area contributed by atoms with E-state index in [-0.39, 0.29) is 0 Å². The Hall–Kier alpha value is -1.74. The summed E-state index contributed by atoms with van der Waals surface area (Å²) in [5.74, 6) is -2.57. The van der Waals surface area contributed by atoms with Crippen molar-refractivity contribution in [2.75, 3.05) is 5.75 Å². The molecule has 7 nitrogen and oxygen atoms in total. The Bertz CT molecular complexity index is 922. The molecule has 1 aromatic rings. The molecule has 2 atom stereocenters. The van der Waals surface area contributed by atoms with Crippen LogP contribution < -0.4 is 4.74 Å². The highest BCUT2D eigenvalue weighted by molar-refractivity contribution is 7.85. The van der Waals surface area contributed by atoms with E-state index in [0.29, 0.717) is 18.6 Å². The van der Waals surface area contributed by atoms with Gasteiger partial charge in [-0.25, -0.2) is 0 Å². The van der Waals surface area contributed by atoms with Crippen LogP contribution in [0.25, 0.3) is 0 Å². The highest BCUT2D eigenvalue weighted by Crippen LogP contribution is 2.35. The van der Waals surface area contributed by atoms with Crippen LogP contribution in [-0.4, -0.2) is 59.8 Å². The van der Waals surface area contributed by atoms with Crippen LogP contribution in [0.2, 0.25) is 0 Å². The third-order valence-electron chi connectivity index (χ3n) is 5.95. The lowest BCUT2D eigenvalue weighted by atomic mass is 9.79. The highest BCUT2D eigenvalue weighted by Gasteiger charge is 2.41. The largest absolute Gasteiger partial charge is 0.458 e. The van der Waals surface area contributed by atoms with Gasteiger partial charge in [-0.05, 0) is 37.8 Å². The van der Waals surface area contributed by atoms with Crippen molar-refractivity contribution in [1.82, 2.24) is 0 Å². The fourth-order valence-corrected chi connectivity index (χ4v) is 5.31. The number of carbonyl (C=O) groups excluding carboxylic acids is 2. The van der Waals surface area contributed by atoms with Gasteiger partial charge >= 0.3 is 11.9 Å². The first kappa shape index (κ1) is 26.5. The SMILES string of the molecule is BCc1cc(CB)c(OC(=O)C2CCCCC2C(=O)OC(C)(C)CS(=O)(=O)O)c(CB)c1. The zero-order valence-corrected chi connectivity index (χ0v) is 20.6. The summed E-state index contributed by atoms with van der Waals surface area (Å²) < 4.78 is 42.9. The summed E-state index contributed by atoms with van der Waals surface area (Å²) >= 11 is 0. The van der Waals surface area contributed by atoms with Crippen molar-refractivity contribution in [2.24, 2.45) is 11.8 Å². The second-order valence-electron chi connectivity index (χ2n) is 9.13. The van der Waals surface area contributed by atoms with E-state index >= 15 is 0 Å². The lowest BCUT2D eigenvalue weighted by Gasteiger charge is -2.32. The van der Waals surface area contributed by atoms with Crippen molar-refractivity contribution in [1.29, 1.82) is 0 Å². The predicted octanol–water partition coefficient (Wildman–Crippen LogP) is 0.00730. The first-order valence-corrected chi connectivity index (χ1v) is 13.1. The lowest BCUT2D eigenvalue weighted by molar-refractivity contribution is -0.167. The number of rotatable bonds is 9. The normalized spacial score (nSPS) is 19.3. The van der Waals surface area contributed by atoms with Gasteiger partial charge < -0.3 is 9.47 Å². The van der Waals surface area contributed by atoms with E-state index in [0.717, 1.165) is 42.9 Å². The van der Waals surface area contributed by atoms with Crippen molar-refractivity contribution >= 4 is 45.6 Å². The maximum absolute atomic E-state index is 13.2. The van der Waals surface area contributed by atoms with Gasteiger partial charge in [-0.2, -0.15) is 8.42 Å². The Morgan fingerprint density at radius 1 is 1.00 bits per heavy atom. The molecule has 0 amide bonds. The number of carbonyl (C=O) groups is 2. The van der Waals surface area contributed by atoms with Gasteiger partial charge in [-0.1, -0.05) is 49.5 Å². The van der Waals surface area contributed by atoms with E-state index < -0.39 is 45.2 Å². The van der Waals surface area contributed by atoms with Crippen LogP contribution in [0.1, 0.15) is 56.2 Å². The van der Waals surface area contributed by atoms with Crippen molar-refractivity contribution in [2.45, 2.75) is 64.1 Å². The zero-order valence-electron chi connectivity index (χ0n) is 19.8. The molecule has 1 aromatic carbocycles. The molecular formula is C21H33B3O7S. The molecule has 1 N–H and O–H groups in total. The number of hydrogen-bond acceptors (Lipinski definition) is 6. The summed E-state index contributed by atoms with van der Waals surface area (Å²) in [6, 6.07) is 4.12. The Morgan fingerprint density at radius 3 is 1.94 bits per heavy atom. The number of hydrogen-bond donors (Lipinski definition) is 1. The smallest absolute Gasteiger partial charge is 0.315 e. The van der Waals surface area contributed by atoms with E-state index in [2.05, 4.69) is 20.0 Å². The fraction of sp³-hybridized carbons (Fsp3) is 0.619. The molecule has 1 saturated carbocycles. The predicted molar refractivity (Wildman–Crippen MR) is 131 cm³/mol. The van der Waals surface area contributed by atoms with Crippen LogP contribution >= 0.6 is 0 Å². The molecule has 174 valence electrons. The van der Waals surface area contributed by atoms with E-state index in [1.165, 1.54) is 19.4 Å². The zero-order chi connectivity index (χ0) is 24.1. The number of benzene rings is 1. The molecule has 0 spiro atoms. The highest BCUT2D eigenvalue weighted by atomic mass is 32.2. The first-order valence-electron chi connectivity index (χ1n) is 11.4. The molecule has 0 saturated heterocycles. The van der Waals surface area contributed by atoms with Crippen molar-refractivity contribution in [3.63, 3.8) is 0 Å². The van der Waals surface area contributed by atoms with Crippen LogP contribution in [0.3, 0.4) is 0 Å². The summed E-state index contributed by atoms with van der Waals surface area (Å²) in [7, 11) is 1.80.